The van der Waals surface area contributed by atoms with Crippen LogP contribution in [0.1, 0.15) is 20.8 Å². The Balaban J connectivity index is 2.29. The summed E-state index contributed by atoms with van der Waals surface area (Å²) in [5, 5.41) is 0. The Morgan fingerprint density at radius 2 is 2.17 bits per heavy atom. The number of hydrogen-bond acceptors (Lipinski definition) is 3. The van der Waals surface area contributed by atoms with Crippen LogP contribution in [0.4, 0.5) is 5.82 Å². The van der Waals surface area contributed by atoms with Crippen molar-refractivity contribution in [1.29, 1.82) is 0 Å². The highest BCUT2D eigenvalue weighted by Gasteiger charge is 2.35. The molecular formula is C13H19BrN2OS. The Labute approximate surface area is 120 Å². The second kappa shape index (κ2) is 5.29. The van der Waals surface area contributed by atoms with Gasteiger partial charge in [0.15, 0.2) is 0 Å². The van der Waals surface area contributed by atoms with Crippen molar-refractivity contribution in [3.63, 3.8) is 0 Å². The van der Waals surface area contributed by atoms with Crippen molar-refractivity contribution in [2.75, 3.05) is 23.0 Å². The molecule has 1 aromatic rings. The molecule has 18 heavy (non-hydrogen) atoms. The fourth-order valence-corrected chi connectivity index (χ4v) is 4.07. The van der Waals surface area contributed by atoms with Gasteiger partial charge in [-0.1, -0.05) is 20.8 Å². The van der Waals surface area contributed by atoms with Gasteiger partial charge < -0.3 is 4.90 Å². The molecule has 2 rings (SSSR count). The third-order valence-electron chi connectivity index (χ3n) is 3.29. The van der Waals surface area contributed by atoms with E-state index in [0.717, 1.165) is 28.3 Å². The molecule has 0 aliphatic carbocycles. The number of rotatable bonds is 1. The maximum absolute atomic E-state index is 11.8. The minimum absolute atomic E-state index is 0.102. The van der Waals surface area contributed by atoms with E-state index < -0.39 is 10.8 Å². The maximum atomic E-state index is 11.8. The minimum Gasteiger partial charge on any atom is -0.351 e. The molecule has 0 radical (unpaired) electrons. The zero-order valence-electron chi connectivity index (χ0n) is 11.0. The molecule has 1 saturated heterocycles. The van der Waals surface area contributed by atoms with Gasteiger partial charge in [0.05, 0.1) is 0 Å². The predicted molar refractivity (Wildman–Crippen MR) is 80.4 cm³/mol. The number of halogens is 1. The first-order valence-corrected chi connectivity index (χ1v) is 8.39. The second-order valence-corrected chi connectivity index (χ2v) is 8.26. The second-order valence-electron chi connectivity index (χ2n) is 5.72. The van der Waals surface area contributed by atoms with Crippen molar-refractivity contribution in [1.82, 2.24) is 4.98 Å². The van der Waals surface area contributed by atoms with Gasteiger partial charge in [-0.15, -0.1) is 0 Å². The van der Waals surface area contributed by atoms with Gasteiger partial charge in [-0.25, -0.2) is 4.98 Å². The zero-order valence-corrected chi connectivity index (χ0v) is 13.4. The van der Waals surface area contributed by atoms with Crippen LogP contribution >= 0.6 is 15.9 Å². The van der Waals surface area contributed by atoms with Gasteiger partial charge in [-0.2, -0.15) is 0 Å². The quantitative estimate of drug-likeness (QED) is 0.793. The largest absolute Gasteiger partial charge is 0.351 e. The lowest BCUT2D eigenvalue weighted by Crippen LogP contribution is -2.53. The van der Waals surface area contributed by atoms with E-state index in [-0.39, 0.29) is 11.5 Å². The first-order chi connectivity index (χ1) is 8.38. The monoisotopic (exact) mass is 330 g/mol. The topological polar surface area (TPSA) is 33.2 Å². The zero-order chi connectivity index (χ0) is 13.3. The highest BCUT2D eigenvalue weighted by atomic mass is 79.9. The molecule has 1 aromatic heterocycles. The lowest BCUT2D eigenvalue weighted by molar-refractivity contribution is 0.320. The van der Waals surface area contributed by atoms with E-state index in [1.807, 2.05) is 18.3 Å². The highest BCUT2D eigenvalue weighted by molar-refractivity contribution is 9.10. The Hall–Kier alpha value is -0.420. The third kappa shape index (κ3) is 3.12. The number of pyridine rings is 1. The normalized spacial score (nSPS) is 25.2. The Bertz CT molecular complexity index is 441. The maximum Gasteiger partial charge on any atom is 0.128 e. The van der Waals surface area contributed by atoms with Gasteiger partial charge in [0.2, 0.25) is 0 Å². The summed E-state index contributed by atoms with van der Waals surface area (Å²) in [5.41, 5.74) is 0.102. The van der Waals surface area contributed by atoms with Gasteiger partial charge >= 0.3 is 0 Å². The molecule has 0 spiro atoms. The van der Waals surface area contributed by atoms with Crippen LogP contribution in [0.3, 0.4) is 0 Å². The van der Waals surface area contributed by atoms with Crippen LogP contribution in [0, 0.1) is 5.41 Å². The molecule has 1 aliphatic heterocycles. The van der Waals surface area contributed by atoms with E-state index in [0.29, 0.717) is 0 Å². The summed E-state index contributed by atoms with van der Waals surface area (Å²) in [7, 11) is -0.694. The average molecular weight is 331 g/mol. The average Bonchev–Trinajstić information content (AvgIpc) is 2.29. The summed E-state index contributed by atoms with van der Waals surface area (Å²) in [6.45, 7) is 7.42. The summed E-state index contributed by atoms with van der Waals surface area (Å²) in [6, 6.07) is 4.31. The van der Waals surface area contributed by atoms with Crippen molar-refractivity contribution in [3.05, 3.63) is 22.8 Å². The van der Waals surface area contributed by atoms with E-state index >= 15 is 0 Å². The van der Waals surface area contributed by atoms with Crippen LogP contribution in [0.5, 0.6) is 0 Å². The van der Waals surface area contributed by atoms with Gasteiger partial charge in [0.25, 0.3) is 0 Å². The molecule has 3 nitrogen and oxygen atoms in total. The van der Waals surface area contributed by atoms with E-state index in [1.165, 1.54) is 0 Å². The summed E-state index contributed by atoms with van der Waals surface area (Å²) in [5.74, 6) is 2.46. The summed E-state index contributed by atoms with van der Waals surface area (Å²) in [6.07, 6.45) is 1.82. The minimum atomic E-state index is -0.694. The van der Waals surface area contributed by atoms with E-state index in [4.69, 9.17) is 0 Å². The van der Waals surface area contributed by atoms with Crippen LogP contribution < -0.4 is 4.90 Å². The Kier molecular flexibility index (Phi) is 4.11. The standard InChI is InChI=1S/C13H19BrN2OS/c1-13(2,3)11-9-18(17)7-6-16(11)12-5-4-10(14)8-15-12/h4-5,8,11H,6-7,9H2,1-3H3. The van der Waals surface area contributed by atoms with Crippen molar-refractivity contribution in [3.8, 4) is 0 Å². The number of anilines is 1. The molecule has 0 bridgehead atoms. The Morgan fingerprint density at radius 3 is 2.72 bits per heavy atom. The molecule has 1 fully saturated rings. The van der Waals surface area contributed by atoms with Crippen molar-refractivity contribution in [2.45, 2.75) is 26.8 Å². The molecule has 0 amide bonds. The molecule has 0 saturated carbocycles. The fourth-order valence-electron chi connectivity index (χ4n) is 2.24. The molecule has 5 heteroatoms. The van der Waals surface area contributed by atoms with Crippen LogP contribution in [-0.2, 0) is 10.8 Å². The molecule has 0 N–H and O–H groups in total. The summed E-state index contributed by atoms with van der Waals surface area (Å²) < 4.78 is 12.8. The molecule has 0 aromatic carbocycles. The van der Waals surface area contributed by atoms with E-state index in [1.54, 1.807) is 0 Å². The first kappa shape index (κ1) is 14.0. The predicted octanol–water partition coefficient (Wildman–Crippen LogP) is 2.83. The third-order valence-corrected chi connectivity index (χ3v) is 5.08. The lowest BCUT2D eigenvalue weighted by atomic mass is 9.86. The number of nitrogens with zero attached hydrogens (tertiary/aromatic N) is 2. The summed E-state index contributed by atoms with van der Waals surface area (Å²) in [4.78, 5) is 6.77. The van der Waals surface area contributed by atoms with Crippen LogP contribution in [-0.4, -0.2) is 33.3 Å². The van der Waals surface area contributed by atoms with Gasteiger partial charge in [0, 0.05) is 45.6 Å². The van der Waals surface area contributed by atoms with Gasteiger partial charge in [-0.3, -0.25) is 4.21 Å². The van der Waals surface area contributed by atoms with Crippen LogP contribution in [0.25, 0.3) is 0 Å². The van der Waals surface area contributed by atoms with E-state index in [9.17, 15) is 4.21 Å². The fraction of sp³-hybridized carbons (Fsp3) is 0.615. The molecule has 1 aliphatic rings. The molecule has 2 atom stereocenters. The Morgan fingerprint density at radius 1 is 1.44 bits per heavy atom. The van der Waals surface area contributed by atoms with Crippen molar-refractivity contribution in [2.24, 2.45) is 5.41 Å². The SMILES string of the molecule is CC(C)(C)C1CS(=O)CCN1c1ccc(Br)cn1. The summed E-state index contributed by atoms with van der Waals surface area (Å²) >= 11 is 3.40. The molecule has 2 unspecified atom stereocenters. The first-order valence-electron chi connectivity index (χ1n) is 6.11. The van der Waals surface area contributed by atoms with Gasteiger partial charge in [-0.05, 0) is 33.5 Å². The molecular weight excluding hydrogens is 312 g/mol. The number of aromatic nitrogens is 1. The molecule has 2 heterocycles. The van der Waals surface area contributed by atoms with Crippen LogP contribution in [0.15, 0.2) is 22.8 Å². The van der Waals surface area contributed by atoms with E-state index in [2.05, 4.69) is 46.6 Å². The van der Waals surface area contributed by atoms with Gasteiger partial charge in [0.1, 0.15) is 5.82 Å². The molecule has 100 valence electrons. The highest BCUT2D eigenvalue weighted by Crippen LogP contribution is 2.31. The smallest absolute Gasteiger partial charge is 0.128 e. The van der Waals surface area contributed by atoms with Crippen molar-refractivity contribution < 1.29 is 4.21 Å². The lowest BCUT2D eigenvalue weighted by Gasteiger charge is -2.43. The number of hydrogen-bond donors (Lipinski definition) is 0. The van der Waals surface area contributed by atoms with Crippen LogP contribution in [0.2, 0.25) is 0 Å². The van der Waals surface area contributed by atoms with Crippen molar-refractivity contribution >= 4 is 32.5 Å².